The highest BCUT2D eigenvalue weighted by Crippen LogP contribution is 2.29. The summed E-state index contributed by atoms with van der Waals surface area (Å²) < 4.78 is 21.2. The standard InChI is InChI=1S/C19H22FN3O4/c20-14-11-13(23-6-2-1-3-18(23)25)4-5-16(14)22-19(26)12-9-15(21)17(10-12)27-8-7-24/h1-6,11-12,15,17,24H,7-10,21H2,(H,22,26)/t12-,15-,17-/m0/s1. The van der Waals surface area contributed by atoms with E-state index in [0.717, 1.165) is 0 Å². The number of pyridine rings is 1. The number of hydrogen-bond acceptors (Lipinski definition) is 5. The first-order valence-corrected chi connectivity index (χ1v) is 8.76. The topological polar surface area (TPSA) is 107 Å². The van der Waals surface area contributed by atoms with Gasteiger partial charge in [-0.3, -0.25) is 14.2 Å². The van der Waals surface area contributed by atoms with Gasteiger partial charge >= 0.3 is 0 Å². The van der Waals surface area contributed by atoms with Crippen LogP contribution >= 0.6 is 0 Å². The average Bonchev–Trinajstić information content (AvgIpc) is 3.03. The summed E-state index contributed by atoms with van der Waals surface area (Å²) >= 11 is 0. The summed E-state index contributed by atoms with van der Waals surface area (Å²) in [6.45, 7) is 0.0593. The van der Waals surface area contributed by atoms with E-state index in [0.29, 0.717) is 18.5 Å². The number of aliphatic hydroxyl groups is 1. The lowest BCUT2D eigenvalue weighted by Crippen LogP contribution is -2.32. The number of hydrogen-bond donors (Lipinski definition) is 3. The molecule has 144 valence electrons. The molecule has 4 N–H and O–H groups in total. The lowest BCUT2D eigenvalue weighted by atomic mass is 10.1. The van der Waals surface area contributed by atoms with Gasteiger partial charge in [-0.2, -0.15) is 0 Å². The Hall–Kier alpha value is -2.55. The van der Waals surface area contributed by atoms with E-state index < -0.39 is 5.82 Å². The largest absolute Gasteiger partial charge is 0.394 e. The number of carbonyl (C=O) groups is 1. The number of halogens is 1. The number of ether oxygens (including phenoxy) is 1. The van der Waals surface area contributed by atoms with Crippen molar-refractivity contribution in [2.24, 2.45) is 11.7 Å². The van der Waals surface area contributed by atoms with E-state index in [1.807, 2.05) is 0 Å². The second kappa shape index (κ2) is 8.43. The Labute approximate surface area is 155 Å². The van der Waals surface area contributed by atoms with Crippen LogP contribution in [0.1, 0.15) is 12.8 Å². The van der Waals surface area contributed by atoms with Crippen LogP contribution < -0.4 is 16.6 Å². The minimum Gasteiger partial charge on any atom is -0.394 e. The van der Waals surface area contributed by atoms with Crippen molar-refractivity contribution >= 4 is 11.6 Å². The smallest absolute Gasteiger partial charge is 0.255 e. The summed E-state index contributed by atoms with van der Waals surface area (Å²) in [6.07, 6.45) is 2.10. The molecule has 27 heavy (non-hydrogen) atoms. The fourth-order valence-electron chi connectivity index (χ4n) is 3.27. The van der Waals surface area contributed by atoms with Crippen molar-refractivity contribution < 1.29 is 19.0 Å². The van der Waals surface area contributed by atoms with Crippen molar-refractivity contribution in [3.63, 3.8) is 0 Å². The first-order valence-electron chi connectivity index (χ1n) is 8.76. The summed E-state index contributed by atoms with van der Waals surface area (Å²) in [5.41, 5.74) is 6.12. The van der Waals surface area contributed by atoms with Crippen molar-refractivity contribution in [1.82, 2.24) is 4.57 Å². The van der Waals surface area contributed by atoms with Gasteiger partial charge in [0.2, 0.25) is 5.91 Å². The van der Waals surface area contributed by atoms with Gasteiger partial charge in [-0.1, -0.05) is 6.07 Å². The maximum Gasteiger partial charge on any atom is 0.255 e. The van der Waals surface area contributed by atoms with E-state index in [1.54, 1.807) is 24.4 Å². The fraction of sp³-hybridized carbons (Fsp3) is 0.368. The van der Waals surface area contributed by atoms with Crippen LogP contribution in [0.4, 0.5) is 10.1 Å². The zero-order valence-electron chi connectivity index (χ0n) is 14.7. The molecule has 8 heteroatoms. The Bertz CT molecular complexity index is 870. The zero-order valence-corrected chi connectivity index (χ0v) is 14.7. The third-order valence-electron chi connectivity index (χ3n) is 4.66. The fourth-order valence-corrected chi connectivity index (χ4v) is 3.27. The number of benzene rings is 1. The van der Waals surface area contributed by atoms with Crippen LogP contribution in [0.15, 0.2) is 47.4 Å². The highest BCUT2D eigenvalue weighted by atomic mass is 19.1. The average molecular weight is 375 g/mol. The maximum absolute atomic E-state index is 14.4. The predicted octanol–water partition coefficient (Wildman–Crippen LogP) is 1.03. The number of aliphatic hydroxyl groups excluding tert-OH is 1. The molecule has 1 heterocycles. The number of nitrogens with two attached hydrogens (primary N) is 1. The number of nitrogens with one attached hydrogen (secondary N) is 1. The highest BCUT2D eigenvalue weighted by molar-refractivity contribution is 5.93. The minimum absolute atomic E-state index is 0.0426. The van der Waals surface area contributed by atoms with E-state index >= 15 is 0 Å². The summed E-state index contributed by atoms with van der Waals surface area (Å²) in [6, 6.07) is 8.55. The Morgan fingerprint density at radius 3 is 2.85 bits per heavy atom. The van der Waals surface area contributed by atoms with Crippen LogP contribution in [0.25, 0.3) is 5.69 Å². The van der Waals surface area contributed by atoms with Gasteiger partial charge in [0, 0.05) is 30.3 Å². The molecule has 0 radical (unpaired) electrons. The van der Waals surface area contributed by atoms with Gasteiger partial charge in [0.05, 0.1) is 30.7 Å². The van der Waals surface area contributed by atoms with Gasteiger partial charge in [0.25, 0.3) is 5.56 Å². The number of nitrogens with zero attached hydrogens (tertiary/aromatic N) is 1. The van der Waals surface area contributed by atoms with Gasteiger partial charge in [-0.05, 0) is 31.0 Å². The van der Waals surface area contributed by atoms with Gasteiger partial charge in [0.1, 0.15) is 5.82 Å². The van der Waals surface area contributed by atoms with Crippen molar-refractivity contribution in [2.45, 2.75) is 25.0 Å². The molecule has 0 unspecified atom stereocenters. The molecule has 1 fully saturated rings. The third kappa shape index (κ3) is 4.41. The highest BCUT2D eigenvalue weighted by Gasteiger charge is 2.36. The molecule has 0 spiro atoms. The van der Waals surface area contributed by atoms with Crippen molar-refractivity contribution in [1.29, 1.82) is 0 Å². The Morgan fingerprint density at radius 1 is 1.33 bits per heavy atom. The Kier molecular flexibility index (Phi) is 6.00. The van der Waals surface area contributed by atoms with Gasteiger partial charge in [-0.15, -0.1) is 0 Å². The molecule has 1 aromatic heterocycles. The van der Waals surface area contributed by atoms with Crippen molar-refractivity contribution in [2.75, 3.05) is 18.5 Å². The summed E-state index contributed by atoms with van der Waals surface area (Å²) in [5, 5.41) is 11.4. The Morgan fingerprint density at radius 2 is 2.15 bits per heavy atom. The molecule has 0 saturated heterocycles. The number of rotatable bonds is 6. The summed E-state index contributed by atoms with van der Waals surface area (Å²) in [7, 11) is 0. The lowest BCUT2D eigenvalue weighted by molar-refractivity contribution is -0.120. The molecule has 7 nitrogen and oxygen atoms in total. The molecule has 3 rings (SSSR count). The quantitative estimate of drug-likeness (QED) is 0.699. The van der Waals surface area contributed by atoms with Crippen LogP contribution in [-0.4, -0.2) is 40.9 Å². The normalized spacial score (nSPS) is 22.0. The molecule has 1 aliphatic rings. The van der Waals surface area contributed by atoms with E-state index in [2.05, 4.69) is 5.32 Å². The van der Waals surface area contributed by atoms with Gasteiger partial charge in [-0.25, -0.2) is 4.39 Å². The number of anilines is 1. The second-order valence-electron chi connectivity index (χ2n) is 6.53. The maximum atomic E-state index is 14.4. The van der Waals surface area contributed by atoms with Crippen LogP contribution in [0.5, 0.6) is 0 Å². The summed E-state index contributed by atoms with van der Waals surface area (Å²) in [4.78, 5) is 24.3. The lowest BCUT2D eigenvalue weighted by Gasteiger charge is -2.15. The molecule has 1 aromatic carbocycles. The van der Waals surface area contributed by atoms with Crippen LogP contribution in [-0.2, 0) is 9.53 Å². The van der Waals surface area contributed by atoms with Crippen LogP contribution in [0.3, 0.4) is 0 Å². The monoisotopic (exact) mass is 375 g/mol. The van der Waals surface area contributed by atoms with Crippen LogP contribution in [0.2, 0.25) is 0 Å². The molecule has 0 bridgehead atoms. The number of aromatic nitrogens is 1. The zero-order chi connectivity index (χ0) is 19.4. The van der Waals surface area contributed by atoms with Crippen molar-refractivity contribution in [3.05, 3.63) is 58.8 Å². The van der Waals surface area contributed by atoms with Gasteiger partial charge < -0.3 is 20.9 Å². The first-order chi connectivity index (χ1) is 13.0. The van der Waals surface area contributed by atoms with Gasteiger partial charge in [0.15, 0.2) is 0 Å². The van der Waals surface area contributed by atoms with E-state index in [1.165, 1.54) is 22.8 Å². The second-order valence-corrected chi connectivity index (χ2v) is 6.53. The van der Waals surface area contributed by atoms with E-state index in [4.69, 9.17) is 15.6 Å². The van der Waals surface area contributed by atoms with Crippen molar-refractivity contribution in [3.8, 4) is 5.69 Å². The van der Waals surface area contributed by atoms with Crippen LogP contribution in [0, 0.1) is 11.7 Å². The Balaban J connectivity index is 1.68. The predicted molar refractivity (Wildman–Crippen MR) is 98.2 cm³/mol. The molecule has 3 atom stereocenters. The molecular weight excluding hydrogens is 353 g/mol. The third-order valence-corrected chi connectivity index (χ3v) is 4.66. The minimum atomic E-state index is -0.632. The summed E-state index contributed by atoms with van der Waals surface area (Å²) in [5.74, 6) is -1.35. The van der Waals surface area contributed by atoms with E-state index in [9.17, 15) is 14.0 Å². The molecule has 0 aliphatic heterocycles. The van der Waals surface area contributed by atoms with E-state index in [-0.39, 0.29) is 48.4 Å². The molecule has 2 aromatic rings. The molecule has 1 aliphatic carbocycles. The number of amides is 1. The number of carbonyl (C=O) groups excluding carboxylic acids is 1. The first kappa shape index (κ1) is 19.2. The molecular formula is C19H22FN3O4. The molecule has 1 amide bonds. The SMILES string of the molecule is N[C@H]1C[C@H](C(=O)Nc2ccc(-n3ccccc3=O)cc2F)C[C@@H]1OCCO. The molecule has 1 saturated carbocycles.